The van der Waals surface area contributed by atoms with Crippen molar-refractivity contribution in [1.29, 1.82) is 0 Å². The second-order valence-corrected chi connectivity index (χ2v) is 8.36. The first-order valence-electron chi connectivity index (χ1n) is 9.77. The molecule has 1 heterocycles. The number of fused-ring (bicyclic) bond motifs is 1. The molecule has 3 rings (SSSR count). The van der Waals surface area contributed by atoms with Gasteiger partial charge in [-0.3, -0.25) is 9.69 Å². The van der Waals surface area contributed by atoms with Gasteiger partial charge in [-0.1, -0.05) is 24.6 Å². The van der Waals surface area contributed by atoms with Crippen molar-refractivity contribution in [1.82, 2.24) is 10.2 Å². The van der Waals surface area contributed by atoms with Crippen LogP contribution in [-0.2, 0) is 28.1 Å². The summed E-state index contributed by atoms with van der Waals surface area (Å²) in [5.74, 6) is -0.521. The Morgan fingerprint density at radius 2 is 2.04 bits per heavy atom. The molecule has 2 aliphatic rings. The molecule has 0 saturated carbocycles. The van der Waals surface area contributed by atoms with Crippen LogP contribution < -0.4 is 5.32 Å². The highest BCUT2D eigenvalue weighted by molar-refractivity contribution is 7.71. The van der Waals surface area contributed by atoms with E-state index in [1.165, 1.54) is 43.5 Å². The van der Waals surface area contributed by atoms with Gasteiger partial charge in [0.25, 0.3) is 0 Å². The van der Waals surface area contributed by atoms with Gasteiger partial charge < -0.3 is 10.4 Å². The van der Waals surface area contributed by atoms with E-state index in [0.29, 0.717) is 0 Å². The van der Waals surface area contributed by atoms with Crippen molar-refractivity contribution in [2.45, 2.75) is 63.6 Å². The van der Waals surface area contributed by atoms with Crippen LogP contribution in [0.3, 0.4) is 0 Å². The average Bonchev–Trinajstić information content (AvgIpc) is 2.67. The molecule has 6 nitrogen and oxygen atoms in total. The summed E-state index contributed by atoms with van der Waals surface area (Å²) in [4.78, 5) is 14.7. The molecule has 0 radical (unpaired) electrons. The average molecular weight is 393 g/mol. The number of carbonyl (C=O) groups is 1. The monoisotopic (exact) mass is 392 g/mol. The summed E-state index contributed by atoms with van der Waals surface area (Å²) in [6, 6.07) is 6.37. The number of aliphatic hydroxyl groups is 1. The highest BCUT2D eigenvalue weighted by Crippen LogP contribution is 2.31. The minimum absolute atomic E-state index is 0.127. The summed E-state index contributed by atoms with van der Waals surface area (Å²) in [6.07, 6.45) is 5.16. The van der Waals surface area contributed by atoms with E-state index in [1.807, 2.05) is 0 Å². The van der Waals surface area contributed by atoms with Crippen molar-refractivity contribution in [3.05, 3.63) is 34.9 Å². The van der Waals surface area contributed by atoms with Gasteiger partial charge in [-0.15, -0.1) is 0 Å². The number of carbonyl (C=O) groups excluding carboxylic acids is 1. The third kappa shape index (κ3) is 5.64. The summed E-state index contributed by atoms with van der Waals surface area (Å²) < 4.78 is 21.1. The molecule has 1 aromatic carbocycles. The Bertz CT molecular complexity index is 792. The number of benzene rings is 1. The highest BCUT2D eigenvalue weighted by Gasteiger charge is 2.25. The molecular formula is C20H28N2O4S. The van der Waals surface area contributed by atoms with Crippen molar-refractivity contribution in [3.63, 3.8) is 0 Å². The Morgan fingerprint density at radius 3 is 2.78 bits per heavy atom. The van der Waals surface area contributed by atoms with Crippen LogP contribution in [0.4, 0.5) is 0 Å². The van der Waals surface area contributed by atoms with Crippen LogP contribution in [0.1, 0.15) is 61.3 Å². The van der Waals surface area contributed by atoms with Crippen LogP contribution >= 0.6 is 0 Å². The minimum Gasteiger partial charge on any atom is -0.383 e. The van der Waals surface area contributed by atoms with Gasteiger partial charge in [0.1, 0.15) is 6.10 Å². The fraction of sp³-hybridized carbons (Fsp3) is 0.600. The van der Waals surface area contributed by atoms with Gasteiger partial charge in [-0.25, -0.2) is 0 Å². The molecule has 1 fully saturated rings. The number of nitrogens with zero attached hydrogens (tertiary/aromatic N) is 1. The van der Waals surface area contributed by atoms with Gasteiger partial charge in [-0.05, 0) is 61.9 Å². The summed E-state index contributed by atoms with van der Waals surface area (Å²) in [6.45, 7) is 3.31. The van der Waals surface area contributed by atoms with E-state index < -0.39 is 22.3 Å². The Labute approximate surface area is 162 Å². The normalized spacial score (nSPS) is 21.1. The molecule has 27 heavy (non-hydrogen) atoms. The molecule has 0 bridgehead atoms. The van der Waals surface area contributed by atoms with Crippen molar-refractivity contribution in [3.8, 4) is 0 Å². The quantitative estimate of drug-likeness (QED) is 0.718. The van der Waals surface area contributed by atoms with Crippen LogP contribution in [0.15, 0.2) is 18.2 Å². The number of amides is 1. The van der Waals surface area contributed by atoms with Gasteiger partial charge >= 0.3 is 0 Å². The van der Waals surface area contributed by atoms with Gasteiger partial charge in [0.15, 0.2) is 0 Å². The van der Waals surface area contributed by atoms with Crippen LogP contribution in [0.25, 0.3) is 0 Å². The molecule has 1 unspecified atom stereocenters. The summed E-state index contributed by atoms with van der Waals surface area (Å²) in [7, 11) is -2.37. The lowest BCUT2D eigenvalue weighted by Gasteiger charge is -2.29. The van der Waals surface area contributed by atoms with Crippen molar-refractivity contribution in [2.75, 3.05) is 13.1 Å². The SMILES string of the molecule is O=C(N[C@@H]1CCCc2cc(CN3CCCCC3)ccc21)C(O)CC=S(=O)=O. The predicted molar refractivity (Wildman–Crippen MR) is 105 cm³/mol. The molecule has 7 heteroatoms. The molecule has 2 N–H and O–H groups in total. The van der Waals surface area contributed by atoms with Crippen LogP contribution in [-0.4, -0.2) is 48.9 Å². The maximum atomic E-state index is 12.2. The molecule has 1 aliphatic carbocycles. The number of piperidine rings is 1. The first-order valence-corrected chi connectivity index (χ1v) is 10.9. The van der Waals surface area contributed by atoms with Crippen molar-refractivity contribution in [2.24, 2.45) is 0 Å². The first kappa shape index (κ1) is 20.0. The van der Waals surface area contributed by atoms with Gasteiger partial charge in [0, 0.05) is 18.3 Å². The minimum atomic E-state index is -2.37. The van der Waals surface area contributed by atoms with E-state index in [2.05, 4.69) is 28.4 Å². The Balaban J connectivity index is 1.65. The van der Waals surface area contributed by atoms with E-state index >= 15 is 0 Å². The number of likely N-dealkylation sites (tertiary alicyclic amines) is 1. The summed E-state index contributed by atoms with van der Waals surface area (Å²) in [5, 5.41) is 13.6. The molecular weight excluding hydrogens is 364 g/mol. The van der Waals surface area contributed by atoms with E-state index in [9.17, 15) is 18.3 Å². The van der Waals surface area contributed by atoms with Crippen LogP contribution in [0, 0.1) is 0 Å². The Hall–Kier alpha value is -1.70. The topological polar surface area (TPSA) is 86.7 Å². The predicted octanol–water partition coefficient (Wildman–Crippen LogP) is 1.60. The maximum Gasteiger partial charge on any atom is 0.249 e. The molecule has 148 valence electrons. The zero-order chi connectivity index (χ0) is 19.2. The zero-order valence-electron chi connectivity index (χ0n) is 15.6. The van der Waals surface area contributed by atoms with E-state index in [0.717, 1.165) is 36.7 Å². The largest absolute Gasteiger partial charge is 0.383 e. The fourth-order valence-corrected chi connectivity index (χ4v) is 4.38. The molecule has 1 amide bonds. The molecule has 0 spiro atoms. The van der Waals surface area contributed by atoms with E-state index in [4.69, 9.17) is 0 Å². The molecule has 0 aromatic heterocycles. The second-order valence-electron chi connectivity index (χ2n) is 7.50. The Morgan fingerprint density at radius 1 is 1.26 bits per heavy atom. The maximum absolute atomic E-state index is 12.2. The first-order chi connectivity index (χ1) is 13.0. The Kier molecular flexibility index (Phi) is 7.04. The van der Waals surface area contributed by atoms with E-state index in [1.54, 1.807) is 0 Å². The summed E-state index contributed by atoms with van der Waals surface area (Å²) in [5.41, 5.74) is 3.69. The van der Waals surface area contributed by atoms with Gasteiger partial charge in [-0.2, -0.15) is 8.42 Å². The fourth-order valence-electron chi connectivity index (χ4n) is 4.04. The van der Waals surface area contributed by atoms with Gasteiger partial charge in [0.05, 0.1) is 6.04 Å². The lowest BCUT2D eigenvalue weighted by Crippen LogP contribution is -2.38. The number of aryl methyl sites for hydroxylation is 1. The van der Waals surface area contributed by atoms with Crippen molar-refractivity contribution < 1.29 is 18.3 Å². The van der Waals surface area contributed by atoms with E-state index in [-0.39, 0.29) is 12.5 Å². The number of aliphatic hydroxyl groups excluding tert-OH is 1. The number of rotatable bonds is 6. The molecule has 1 aromatic rings. The standard InChI is InChI=1S/C20H28N2O4S/c23-19(9-12-27(25)26)20(24)21-18-6-4-5-16-13-15(7-8-17(16)18)14-22-10-2-1-3-11-22/h7-8,12-13,18-19,23H,1-6,9-11,14H2,(H,21,24)/t18-,19?/m1/s1. The summed E-state index contributed by atoms with van der Waals surface area (Å²) >= 11 is 0. The molecule has 2 atom stereocenters. The smallest absolute Gasteiger partial charge is 0.249 e. The lowest BCUT2D eigenvalue weighted by atomic mass is 9.86. The number of hydrogen-bond donors (Lipinski definition) is 2. The second kappa shape index (κ2) is 9.48. The van der Waals surface area contributed by atoms with Crippen LogP contribution in [0.2, 0.25) is 0 Å². The third-order valence-corrected chi connectivity index (χ3v) is 5.92. The highest BCUT2D eigenvalue weighted by atomic mass is 32.2. The third-order valence-electron chi connectivity index (χ3n) is 5.45. The molecule has 1 aliphatic heterocycles. The van der Waals surface area contributed by atoms with Gasteiger partial charge in [0.2, 0.25) is 16.2 Å². The zero-order valence-corrected chi connectivity index (χ0v) is 16.4. The number of hydrogen-bond acceptors (Lipinski definition) is 5. The van der Waals surface area contributed by atoms with Crippen molar-refractivity contribution >= 4 is 21.6 Å². The lowest BCUT2D eigenvalue weighted by molar-refractivity contribution is -0.129. The molecule has 1 saturated heterocycles. The van der Waals surface area contributed by atoms with Crippen LogP contribution in [0.5, 0.6) is 0 Å². The number of nitrogens with one attached hydrogen (secondary N) is 1.